The SMILES string of the molecule is CC(=O)CC(=O)O.CCCCC(O)O. The summed E-state index contributed by atoms with van der Waals surface area (Å²) in [5.74, 6) is -1.37. The monoisotopic (exact) mass is 206 g/mol. The van der Waals surface area contributed by atoms with E-state index >= 15 is 0 Å². The van der Waals surface area contributed by atoms with Gasteiger partial charge in [0.2, 0.25) is 0 Å². The Morgan fingerprint density at radius 2 is 1.79 bits per heavy atom. The molecular formula is C9H18O5. The van der Waals surface area contributed by atoms with Crippen LogP contribution in [0.5, 0.6) is 0 Å². The number of carbonyl (C=O) groups excluding carboxylic acids is 1. The van der Waals surface area contributed by atoms with Crippen molar-refractivity contribution in [1.29, 1.82) is 0 Å². The lowest BCUT2D eigenvalue weighted by Crippen LogP contribution is -2.02. The van der Waals surface area contributed by atoms with Gasteiger partial charge in [0.05, 0.1) is 0 Å². The molecule has 0 aromatic rings. The van der Waals surface area contributed by atoms with E-state index in [0.717, 1.165) is 12.8 Å². The van der Waals surface area contributed by atoms with E-state index < -0.39 is 12.3 Å². The van der Waals surface area contributed by atoms with Crippen molar-refractivity contribution in [3.05, 3.63) is 0 Å². The Morgan fingerprint density at radius 1 is 1.29 bits per heavy atom. The summed E-state index contributed by atoms with van der Waals surface area (Å²) in [5, 5.41) is 24.3. The molecular weight excluding hydrogens is 188 g/mol. The number of hydrogen-bond acceptors (Lipinski definition) is 4. The van der Waals surface area contributed by atoms with Crippen LogP contribution in [0.15, 0.2) is 0 Å². The number of aliphatic hydroxyl groups excluding tert-OH is 1. The number of carboxylic acid groups (broad SMARTS) is 1. The van der Waals surface area contributed by atoms with Crippen LogP contribution in [0.1, 0.15) is 39.5 Å². The van der Waals surface area contributed by atoms with Crippen LogP contribution >= 0.6 is 0 Å². The number of rotatable bonds is 5. The molecule has 0 fully saturated rings. The van der Waals surface area contributed by atoms with E-state index in [4.69, 9.17) is 15.3 Å². The molecule has 5 heteroatoms. The van der Waals surface area contributed by atoms with Crippen molar-refractivity contribution in [1.82, 2.24) is 0 Å². The van der Waals surface area contributed by atoms with Gasteiger partial charge in [-0.15, -0.1) is 0 Å². The van der Waals surface area contributed by atoms with Crippen molar-refractivity contribution >= 4 is 11.8 Å². The van der Waals surface area contributed by atoms with Crippen molar-refractivity contribution in [2.24, 2.45) is 0 Å². The smallest absolute Gasteiger partial charge is 0.310 e. The largest absolute Gasteiger partial charge is 0.481 e. The Labute approximate surface area is 83.4 Å². The molecule has 0 bridgehead atoms. The standard InChI is InChI=1S/C5H12O2.C4H6O3/c1-2-3-4-5(6)7;1-3(5)2-4(6)7/h5-7H,2-4H2,1H3;2H2,1H3,(H,6,7). The second-order valence-corrected chi connectivity index (χ2v) is 2.90. The third-order valence-corrected chi connectivity index (χ3v) is 1.22. The van der Waals surface area contributed by atoms with Crippen LogP contribution in [0, 0.1) is 0 Å². The summed E-state index contributed by atoms with van der Waals surface area (Å²) < 4.78 is 0. The second-order valence-electron chi connectivity index (χ2n) is 2.90. The highest BCUT2D eigenvalue weighted by molar-refractivity contribution is 5.93. The second kappa shape index (κ2) is 10.1. The Kier molecular flexibility index (Phi) is 11.3. The molecule has 3 N–H and O–H groups in total. The summed E-state index contributed by atoms with van der Waals surface area (Å²) in [7, 11) is 0. The molecule has 0 unspecified atom stereocenters. The van der Waals surface area contributed by atoms with Gasteiger partial charge < -0.3 is 15.3 Å². The van der Waals surface area contributed by atoms with Crippen LogP contribution in [0.3, 0.4) is 0 Å². The van der Waals surface area contributed by atoms with Gasteiger partial charge in [-0.3, -0.25) is 9.59 Å². The first-order valence-corrected chi connectivity index (χ1v) is 4.47. The van der Waals surface area contributed by atoms with Crippen LogP contribution in [0.25, 0.3) is 0 Å². The minimum Gasteiger partial charge on any atom is -0.481 e. The number of hydrogen-bond donors (Lipinski definition) is 3. The maximum atomic E-state index is 9.87. The highest BCUT2D eigenvalue weighted by atomic mass is 16.5. The molecule has 0 aliphatic rings. The summed E-state index contributed by atoms with van der Waals surface area (Å²) in [6, 6.07) is 0. The van der Waals surface area contributed by atoms with E-state index in [-0.39, 0.29) is 12.2 Å². The normalized spacial score (nSPS) is 9.21. The molecule has 0 amide bonds. The first-order valence-electron chi connectivity index (χ1n) is 4.47. The summed E-state index contributed by atoms with van der Waals surface area (Å²) in [6.45, 7) is 3.26. The van der Waals surface area contributed by atoms with Gasteiger partial charge in [-0.05, 0) is 19.8 Å². The number of Topliss-reactive ketones (excluding diaryl/α,β-unsaturated/α-hetero) is 1. The number of ketones is 1. The van der Waals surface area contributed by atoms with Crippen LogP contribution in [0.2, 0.25) is 0 Å². The molecule has 5 nitrogen and oxygen atoms in total. The zero-order valence-electron chi connectivity index (χ0n) is 8.56. The Balaban J connectivity index is 0. The average molecular weight is 206 g/mol. The topological polar surface area (TPSA) is 94.8 Å². The van der Waals surface area contributed by atoms with Gasteiger partial charge in [-0.25, -0.2) is 0 Å². The van der Waals surface area contributed by atoms with Gasteiger partial charge in [0.15, 0.2) is 6.29 Å². The average Bonchev–Trinajstić information content (AvgIpc) is 1.99. The maximum Gasteiger partial charge on any atom is 0.310 e. The Bertz CT molecular complexity index is 153. The zero-order valence-corrected chi connectivity index (χ0v) is 8.56. The molecule has 0 aromatic heterocycles. The summed E-state index contributed by atoms with van der Waals surface area (Å²) in [4.78, 5) is 19.5. The highest BCUT2D eigenvalue weighted by Gasteiger charge is 1.98. The first-order chi connectivity index (χ1) is 6.40. The van der Waals surface area contributed by atoms with Gasteiger partial charge in [0, 0.05) is 0 Å². The summed E-state index contributed by atoms with van der Waals surface area (Å²) in [5.41, 5.74) is 0. The van der Waals surface area contributed by atoms with Crippen molar-refractivity contribution in [3.63, 3.8) is 0 Å². The molecule has 0 rings (SSSR count). The fraction of sp³-hybridized carbons (Fsp3) is 0.778. The van der Waals surface area contributed by atoms with Crippen LogP contribution < -0.4 is 0 Å². The van der Waals surface area contributed by atoms with Gasteiger partial charge >= 0.3 is 5.97 Å². The predicted molar refractivity (Wildman–Crippen MR) is 50.7 cm³/mol. The van der Waals surface area contributed by atoms with Gasteiger partial charge in [-0.2, -0.15) is 0 Å². The third kappa shape index (κ3) is 22.5. The lowest BCUT2D eigenvalue weighted by molar-refractivity contribution is -0.139. The summed E-state index contributed by atoms with van der Waals surface area (Å²) >= 11 is 0. The fourth-order valence-electron chi connectivity index (χ4n) is 0.600. The van der Waals surface area contributed by atoms with Crippen molar-refractivity contribution in [3.8, 4) is 0 Å². The fourth-order valence-corrected chi connectivity index (χ4v) is 0.600. The first kappa shape index (κ1) is 15.5. The molecule has 0 heterocycles. The molecule has 0 saturated heterocycles. The lowest BCUT2D eigenvalue weighted by Gasteiger charge is -1.97. The molecule has 0 saturated carbocycles. The zero-order chi connectivity index (χ0) is 11.6. The number of unbranched alkanes of at least 4 members (excludes halogenated alkanes) is 1. The number of aliphatic hydroxyl groups is 2. The molecule has 0 aliphatic carbocycles. The number of carbonyl (C=O) groups is 2. The van der Waals surface area contributed by atoms with Gasteiger partial charge in [-0.1, -0.05) is 13.3 Å². The number of carboxylic acids is 1. The Morgan fingerprint density at radius 3 is 1.86 bits per heavy atom. The van der Waals surface area contributed by atoms with Crippen molar-refractivity contribution < 1.29 is 24.9 Å². The molecule has 0 aliphatic heterocycles. The van der Waals surface area contributed by atoms with Crippen LogP contribution in [0.4, 0.5) is 0 Å². The Hall–Kier alpha value is -0.940. The highest BCUT2D eigenvalue weighted by Crippen LogP contribution is 1.95. The van der Waals surface area contributed by atoms with Crippen LogP contribution in [-0.4, -0.2) is 33.4 Å². The number of aliphatic carboxylic acids is 1. The third-order valence-electron chi connectivity index (χ3n) is 1.22. The maximum absolute atomic E-state index is 9.87. The van der Waals surface area contributed by atoms with E-state index in [0.29, 0.717) is 6.42 Å². The molecule has 0 aromatic carbocycles. The molecule has 0 atom stereocenters. The molecule has 0 spiro atoms. The quantitative estimate of drug-likeness (QED) is 0.450. The van der Waals surface area contributed by atoms with Gasteiger partial charge in [0.25, 0.3) is 0 Å². The molecule has 0 radical (unpaired) electrons. The predicted octanol–water partition coefficient (Wildman–Crippen LogP) is 0.537. The molecule has 14 heavy (non-hydrogen) atoms. The minimum absolute atomic E-state index is 0.312. The van der Waals surface area contributed by atoms with Crippen molar-refractivity contribution in [2.75, 3.05) is 0 Å². The van der Waals surface area contributed by atoms with Crippen LogP contribution in [-0.2, 0) is 9.59 Å². The van der Waals surface area contributed by atoms with E-state index in [1.165, 1.54) is 6.92 Å². The van der Waals surface area contributed by atoms with E-state index in [1.807, 2.05) is 6.92 Å². The lowest BCUT2D eigenvalue weighted by atomic mass is 10.2. The molecule has 84 valence electrons. The van der Waals surface area contributed by atoms with E-state index in [1.54, 1.807) is 0 Å². The van der Waals surface area contributed by atoms with Crippen molar-refractivity contribution in [2.45, 2.75) is 45.8 Å². The van der Waals surface area contributed by atoms with E-state index in [9.17, 15) is 9.59 Å². The van der Waals surface area contributed by atoms with E-state index in [2.05, 4.69) is 0 Å². The minimum atomic E-state index is -1.10. The summed E-state index contributed by atoms with van der Waals surface area (Å²) in [6.07, 6.45) is 0.978. The van der Waals surface area contributed by atoms with Gasteiger partial charge in [0.1, 0.15) is 12.2 Å².